The molecule has 2 aromatic carbocycles. The summed E-state index contributed by atoms with van der Waals surface area (Å²) < 4.78 is 38.7. The van der Waals surface area contributed by atoms with Crippen LogP contribution in [-0.4, -0.2) is 36.7 Å². The molecular weight excluding hydrogens is 404 g/mol. The fraction of sp³-hybridized carbons (Fsp3) is 0.182. The molecule has 3 heterocycles. The van der Waals surface area contributed by atoms with Gasteiger partial charge in [0.1, 0.15) is 18.9 Å². The average molecular weight is 422 g/mol. The maximum atomic E-state index is 13.2. The first kappa shape index (κ1) is 18.8. The van der Waals surface area contributed by atoms with Crippen LogP contribution in [0.3, 0.4) is 0 Å². The fourth-order valence-electron chi connectivity index (χ4n) is 3.62. The molecule has 0 bridgehead atoms. The van der Waals surface area contributed by atoms with Crippen molar-refractivity contribution in [2.24, 2.45) is 0 Å². The van der Waals surface area contributed by atoms with E-state index in [1.54, 1.807) is 42.6 Å². The van der Waals surface area contributed by atoms with Crippen molar-refractivity contribution in [1.29, 1.82) is 0 Å². The van der Waals surface area contributed by atoms with Crippen molar-refractivity contribution in [2.45, 2.75) is 18.0 Å². The van der Waals surface area contributed by atoms with E-state index in [9.17, 15) is 13.2 Å². The molecule has 8 heteroatoms. The third kappa shape index (κ3) is 3.24. The van der Waals surface area contributed by atoms with Crippen LogP contribution in [0.2, 0.25) is 0 Å². The summed E-state index contributed by atoms with van der Waals surface area (Å²) in [7, 11) is -3.74. The van der Waals surface area contributed by atoms with Gasteiger partial charge < -0.3 is 9.47 Å². The maximum absolute atomic E-state index is 13.2. The summed E-state index contributed by atoms with van der Waals surface area (Å²) in [6.07, 6.45) is 1.59. The number of sulfonamides is 1. The topological polar surface area (TPSA) is 85.8 Å². The normalized spacial score (nSPS) is 15.6. The first-order valence-corrected chi connectivity index (χ1v) is 10.9. The van der Waals surface area contributed by atoms with Gasteiger partial charge in [-0.3, -0.25) is 9.78 Å². The van der Waals surface area contributed by atoms with Gasteiger partial charge in [-0.05, 0) is 29.3 Å². The Bertz CT molecular complexity index is 1240. The van der Waals surface area contributed by atoms with Crippen molar-refractivity contribution < 1.29 is 22.7 Å². The molecule has 0 radical (unpaired) electrons. The number of rotatable bonds is 4. The molecule has 1 aromatic heterocycles. The van der Waals surface area contributed by atoms with E-state index >= 15 is 0 Å². The molecule has 0 aliphatic carbocycles. The Hall–Kier alpha value is -3.23. The zero-order valence-electron chi connectivity index (χ0n) is 15.9. The van der Waals surface area contributed by atoms with E-state index in [1.165, 1.54) is 16.4 Å². The van der Waals surface area contributed by atoms with E-state index in [4.69, 9.17) is 9.47 Å². The van der Waals surface area contributed by atoms with E-state index in [2.05, 4.69) is 4.98 Å². The smallest absolute Gasteiger partial charge is 0.243 e. The zero-order chi connectivity index (χ0) is 20.7. The molecule has 0 fully saturated rings. The van der Waals surface area contributed by atoms with Crippen LogP contribution in [0.15, 0.2) is 65.7 Å². The number of ether oxygens (including phenoxy) is 2. The highest BCUT2D eigenvalue weighted by molar-refractivity contribution is 7.89. The Morgan fingerprint density at radius 2 is 1.63 bits per heavy atom. The first-order chi connectivity index (χ1) is 14.5. The number of carbonyl (C=O) groups excluding carboxylic acids is 1. The van der Waals surface area contributed by atoms with Crippen LogP contribution < -0.4 is 9.47 Å². The highest BCUT2D eigenvalue weighted by Crippen LogP contribution is 2.35. The summed E-state index contributed by atoms with van der Waals surface area (Å²) >= 11 is 0. The van der Waals surface area contributed by atoms with Gasteiger partial charge in [0.05, 0.1) is 4.90 Å². The number of hydrogen-bond acceptors (Lipinski definition) is 6. The highest BCUT2D eigenvalue weighted by Gasteiger charge is 2.32. The van der Waals surface area contributed by atoms with E-state index in [0.717, 1.165) is 11.1 Å². The molecule has 0 amide bonds. The quantitative estimate of drug-likeness (QED) is 0.601. The minimum absolute atomic E-state index is 0.146. The SMILES string of the molecule is O=C(c1ccccc1)c1cc2c(cn1)CN(S(=O)(=O)c1ccc3c(c1)OCCO3)C2. The molecule has 3 aromatic rings. The van der Waals surface area contributed by atoms with Crippen molar-refractivity contribution in [3.8, 4) is 11.5 Å². The van der Waals surface area contributed by atoms with Crippen molar-refractivity contribution >= 4 is 15.8 Å². The van der Waals surface area contributed by atoms with Gasteiger partial charge in [0.15, 0.2) is 11.5 Å². The van der Waals surface area contributed by atoms with E-state index < -0.39 is 10.0 Å². The lowest BCUT2D eigenvalue weighted by molar-refractivity contribution is 0.103. The second kappa shape index (κ2) is 7.23. The molecule has 5 rings (SSSR count). The number of pyridine rings is 1. The van der Waals surface area contributed by atoms with Crippen LogP contribution in [0.25, 0.3) is 0 Å². The Morgan fingerprint density at radius 1 is 0.900 bits per heavy atom. The summed E-state index contributed by atoms with van der Waals surface area (Å²) in [5.41, 5.74) is 2.42. The molecule has 0 saturated heterocycles. The van der Waals surface area contributed by atoms with Gasteiger partial charge in [0, 0.05) is 30.9 Å². The molecule has 2 aliphatic heterocycles. The highest BCUT2D eigenvalue weighted by atomic mass is 32.2. The fourth-order valence-corrected chi connectivity index (χ4v) is 5.03. The number of fused-ring (bicyclic) bond motifs is 2. The van der Waals surface area contributed by atoms with E-state index in [-0.39, 0.29) is 23.8 Å². The van der Waals surface area contributed by atoms with Gasteiger partial charge in [0.2, 0.25) is 15.8 Å². The van der Waals surface area contributed by atoms with Crippen LogP contribution in [0.5, 0.6) is 11.5 Å². The second-order valence-electron chi connectivity index (χ2n) is 7.11. The molecule has 0 atom stereocenters. The van der Waals surface area contributed by atoms with Gasteiger partial charge in [0.25, 0.3) is 0 Å². The van der Waals surface area contributed by atoms with Crippen LogP contribution in [-0.2, 0) is 23.1 Å². The largest absolute Gasteiger partial charge is 0.486 e. The van der Waals surface area contributed by atoms with Gasteiger partial charge in [-0.2, -0.15) is 4.31 Å². The molecule has 2 aliphatic rings. The zero-order valence-corrected chi connectivity index (χ0v) is 16.8. The molecule has 7 nitrogen and oxygen atoms in total. The Labute approximate surface area is 173 Å². The summed E-state index contributed by atoms with van der Waals surface area (Å²) in [5, 5.41) is 0. The van der Waals surface area contributed by atoms with Gasteiger partial charge in [-0.25, -0.2) is 8.42 Å². The summed E-state index contributed by atoms with van der Waals surface area (Å²) in [4.78, 5) is 17.1. The molecule has 0 N–H and O–H groups in total. The first-order valence-electron chi connectivity index (χ1n) is 9.50. The number of carbonyl (C=O) groups is 1. The predicted octanol–water partition coefficient (Wildman–Crippen LogP) is 2.79. The minimum atomic E-state index is -3.74. The van der Waals surface area contributed by atoms with Gasteiger partial charge in [-0.1, -0.05) is 30.3 Å². The lowest BCUT2D eigenvalue weighted by Gasteiger charge is -2.20. The van der Waals surface area contributed by atoms with Gasteiger partial charge >= 0.3 is 0 Å². The number of benzene rings is 2. The predicted molar refractivity (Wildman–Crippen MR) is 108 cm³/mol. The van der Waals surface area contributed by atoms with Crippen LogP contribution in [0.4, 0.5) is 0 Å². The average Bonchev–Trinajstić information content (AvgIpc) is 3.23. The maximum Gasteiger partial charge on any atom is 0.243 e. The molecule has 30 heavy (non-hydrogen) atoms. The van der Waals surface area contributed by atoms with Crippen LogP contribution in [0.1, 0.15) is 27.2 Å². The molecule has 0 spiro atoms. The summed E-state index contributed by atoms with van der Waals surface area (Å²) in [6, 6.07) is 15.2. The molecular formula is C22H18N2O5S. The van der Waals surface area contributed by atoms with E-state index in [1.807, 2.05) is 6.07 Å². The Morgan fingerprint density at radius 3 is 2.43 bits per heavy atom. The number of nitrogens with zero attached hydrogens (tertiary/aromatic N) is 2. The van der Waals surface area contributed by atoms with Crippen LogP contribution >= 0.6 is 0 Å². The molecule has 0 unspecified atom stereocenters. The van der Waals surface area contributed by atoms with Crippen LogP contribution in [0, 0.1) is 0 Å². The number of aromatic nitrogens is 1. The Kier molecular flexibility index (Phi) is 4.52. The molecule has 152 valence electrons. The second-order valence-corrected chi connectivity index (χ2v) is 9.05. The van der Waals surface area contributed by atoms with Crippen molar-refractivity contribution in [1.82, 2.24) is 9.29 Å². The third-order valence-electron chi connectivity index (χ3n) is 5.20. The lowest BCUT2D eigenvalue weighted by Crippen LogP contribution is -2.26. The Balaban J connectivity index is 1.41. The summed E-state index contributed by atoms with van der Waals surface area (Å²) in [6.45, 7) is 1.22. The number of ketones is 1. The molecule has 0 saturated carbocycles. The number of hydrogen-bond donors (Lipinski definition) is 0. The van der Waals surface area contributed by atoms with Gasteiger partial charge in [-0.15, -0.1) is 0 Å². The standard InChI is InChI=1S/C22H18N2O5S/c25-22(15-4-2-1-3-5-15)19-10-16-13-24(14-17(16)12-23-19)30(26,27)18-6-7-20-21(11-18)29-9-8-28-20/h1-7,10-12H,8-9,13-14H2. The third-order valence-corrected chi connectivity index (χ3v) is 6.98. The van der Waals surface area contributed by atoms with E-state index in [0.29, 0.717) is 36.0 Å². The summed E-state index contributed by atoms with van der Waals surface area (Å²) in [5.74, 6) is 0.779. The van der Waals surface area contributed by atoms with Crippen molar-refractivity contribution in [2.75, 3.05) is 13.2 Å². The minimum Gasteiger partial charge on any atom is -0.486 e. The van der Waals surface area contributed by atoms with Crippen molar-refractivity contribution in [3.05, 3.63) is 83.2 Å². The lowest BCUT2D eigenvalue weighted by atomic mass is 10.1. The monoisotopic (exact) mass is 422 g/mol. The van der Waals surface area contributed by atoms with Crippen molar-refractivity contribution in [3.63, 3.8) is 0 Å².